The van der Waals surface area contributed by atoms with Crippen molar-refractivity contribution in [2.75, 3.05) is 20.2 Å². The van der Waals surface area contributed by atoms with E-state index in [0.717, 1.165) is 44.1 Å². The summed E-state index contributed by atoms with van der Waals surface area (Å²) in [6, 6.07) is 12.9. The molecule has 4 heteroatoms. The molecule has 0 atom stereocenters. The van der Waals surface area contributed by atoms with Gasteiger partial charge in [0.2, 0.25) is 0 Å². The number of ether oxygens (including phenoxy) is 2. The van der Waals surface area contributed by atoms with Crippen LogP contribution in [0, 0.1) is 11.8 Å². The molecule has 0 amide bonds. The molecular weight excluding hydrogens is 338 g/mol. The lowest BCUT2D eigenvalue weighted by Crippen LogP contribution is -2.49. The van der Waals surface area contributed by atoms with E-state index in [1.165, 1.54) is 36.3 Å². The Hall–Kier alpha value is -2.07. The van der Waals surface area contributed by atoms with Gasteiger partial charge >= 0.3 is 5.97 Å². The molecule has 1 saturated heterocycles. The summed E-state index contributed by atoms with van der Waals surface area (Å²) < 4.78 is 11.2. The van der Waals surface area contributed by atoms with Crippen molar-refractivity contribution in [2.24, 2.45) is 11.8 Å². The first-order valence-corrected chi connectivity index (χ1v) is 10.1. The van der Waals surface area contributed by atoms with Gasteiger partial charge in [-0.2, -0.15) is 0 Å². The highest BCUT2D eigenvalue weighted by Crippen LogP contribution is 2.32. The van der Waals surface area contributed by atoms with Crippen molar-refractivity contribution in [3.05, 3.63) is 42.0 Å². The van der Waals surface area contributed by atoms with E-state index in [9.17, 15) is 4.79 Å². The summed E-state index contributed by atoms with van der Waals surface area (Å²) in [7, 11) is 1.46. The summed E-state index contributed by atoms with van der Waals surface area (Å²) in [6.45, 7) is 4.78. The quantitative estimate of drug-likeness (QED) is 0.734. The topological polar surface area (TPSA) is 38.8 Å². The van der Waals surface area contributed by atoms with Crippen molar-refractivity contribution in [3.63, 3.8) is 0 Å². The first-order valence-electron chi connectivity index (χ1n) is 10.1. The van der Waals surface area contributed by atoms with E-state index in [1.807, 2.05) is 0 Å². The van der Waals surface area contributed by atoms with Crippen molar-refractivity contribution in [1.82, 2.24) is 4.90 Å². The third kappa shape index (κ3) is 4.11. The molecule has 0 bridgehead atoms. The highest BCUT2D eigenvalue weighted by atomic mass is 16.5. The number of nitrogens with zero attached hydrogens (tertiary/aromatic N) is 1. The van der Waals surface area contributed by atoms with E-state index in [4.69, 9.17) is 9.47 Å². The number of benzene rings is 2. The van der Waals surface area contributed by atoms with Gasteiger partial charge in [0.15, 0.2) is 0 Å². The third-order valence-electron chi connectivity index (χ3n) is 6.06. The van der Waals surface area contributed by atoms with Gasteiger partial charge in [-0.3, -0.25) is 9.69 Å². The Morgan fingerprint density at radius 2 is 1.89 bits per heavy atom. The summed E-state index contributed by atoms with van der Waals surface area (Å²) in [5.41, 5.74) is 1.27. The predicted molar refractivity (Wildman–Crippen MR) is 107 cm³/mol. The average Bonchev–Trinajstić information content (AvgIpc) is 2.65. The van der Waals surface area contributed by atoms with Crippen LogP contribution < -0.4 is 4.74 Å². The van der Waals surface area contributed by atoms with Crippen molar-refractivity contribution >= 4 is 16.7 Å². The van der Waals surface area contributed by atoms with Crippen molar-refractivity contribution in [3.8, 4) is 5.75 Å². The fourth-order valence-electron chi connectivity index (χ4n) is 4.30. The summed E-state index contributed by atoms with van der Waals surface area (Å²) in [6.07, 6.45) is 5.20. The lowest BCUT2D eigenvalue weighted by molar-refractivity contribution is -0.151. The van der Waals surface area contributed by atoms with Gasteiger partial charge in [0.1, 0.15) is 5.75 Å². The first-order chi connectivity index (χ1) is 13.1. The molecule has 27 heavy (non-hydrogen) atoms. The van der Waals surface area contributed by atoms with Crippen LogP contribution in [0.2, 0.25) is 0 Å². The van der Waals surface area contributed by atoms with E-state index in [-0.39, 0.29) is 11.9 Å². The number of likely N-dealkylation sites (tertiary alicyclic amines) is 1. The van der Waals surface area contributed by atoms with Crippen molar-refractivity contribution in [2.45, 2.75) is 45.3 Å². The molecule has 1 aliphatic heterocycles. The minimum atomic E-state index is -0.0938. The molecular formula is C23H29NO3. The Balaban J connectivity index is 1.42. The van der Waals surface area contributed by atoms with Gasteiger partial charge in [-0.25, -0.2) is 0 Å². The van der Waals surface area contributed by atoms with E-state index in [0.29, 0.717) is 6.10 Å². The summed E-state index contributed by atoms with van der Waals surface area (Å²) in [5.74, 6) is 1.78. The Kier molecular flexibility index (Phi) is 5.35. The van der Waals surface area contributed by atoms with E-state index >= 15 is 0 Å². The predicted octanol–water partition coefficient (Wildman–Crippen LogP) is 4.40. The molecule has 4 nitrogen and oxygen atoms in total. The number of fused-ring (bicyclic) bond motifs is 1. The molecule has 2 fully saturated rings. The van der Waals surface area contributed by atoms with Crippen LogP contribution in [0.25, 0.3) is 10.8 Å². The Bertz CT molecular complexity index is 804. The second-order valence-corrected chi connectivity index (χ2v) is 8.23. The second kappa shape index (κ2) is 7.89. The molecule has 0 spiro atoms. The van der Waals surface area contributed by atoms with Gasteiger partial charge < -0.3 is 9.47 Å². The van der Waals surface area contributed by atoms with Crippen LogP contribution in [0.15, 0.2) is 36.4 Å². The molecule has 1 heterocycles. The summed E-state index contributed by atoms with van der Waals surface area (Å²) >= 11 is 0. The Morgan fingerprint density at radius 1 is 1.11 bits per heavy atom. The zero-order valence-corrected chi connectivity index (χ0v) is 16.3. The molecule has 4 rings (SSSR count). The minimum absolute atomic E-state index is 0.0358. The zero-order chi connectivity index (χ0) is 18.8. The number of rotatable bonds is 5. The lowest BCUT2D eigenvalue weighted by atomic mass is 9.89. The van der Waals surface area contributed by atoms with E-state index < -0.39 is 0 Å². The molecule has 0 N–H and O–H groups in total. The number of hydrogen-bond acceptors (Lipinski definition) is 4. The monoisotopic (exact) mass is 367 g/mol. The van der Waals surface area contributed by atoms with Crippen LogP contribution in [0.3, 0.4) is 0 Å². The largest absolute Gasteiger partial charge is 0.490 e. The molecule has 0 radical (unpaired) electrons. The summed E-state index contributed by atoms with van der Waals surface area (Å²) in [4.78, 5) is 13.8. The number of carbonyl (C=O) groups is 1. The molecule has 1 aliphatic carbocycles. The van der Waals surface area contributed by atoms with Crippen LogP contribution in [0.5, 0.6) is 5.75 Å². The molecule has 144 valence electrons. The van der Waals surface area contributed by atoms with Gasteiger partial charge in [0.25, 0.3) is 0 Å². The summed E-state index contributed by atoms with van der Waals surface area (Å²) in [5, 5.41) is 2.41. The maximum Gasteiger partial charge on any atom is 0.311 e. The fourth-order valence-corrected chi connectivity index (χ4v) is 4.30. The Morgan fingerprint density at radius 3 is 2.63 bits per heavy atom. The number of esters is 1. The molecule has 2 aromatic carbocycles. The maximum absolute atomic E-state index is 11.5. The Labute approximate surface area is 161 Å². The van der Waals surface area contributed by atoms with Gasteiger partial charge in [-0.1, -0.05) is 31.2 Å². The first kappa shape index (κ1) is 18.3. The van der Waals surface area contributed by atoms with Crippen LogP contribution in [-0.2, 0) is 16.1 Å². The van der Waals surface area contributed by atoms with Crippen LogP contribution >= 0.6 is 0 Å². The maximum atomic E-state index is 11.5. The smallest absolute Gasteiger partial charge is 0.311 e. The van der Waals surface area contributed by atoms with Crippen LogP contribution in [0.1, 0.15) is 38.2 Å². The van der Waals surface area contributed by atoms with Crippen molar-refractivity contribution < 1.29 is 14.3 Å². The normalized spacial score (nSPS) is 23.8. The fraction of sp³-hybridized carbons (Fsp3) is 0.522. The zero-order valence-electron chi connectivity index (χ0n) is 16.3. The van der Waals surface area contributed by atoms with E-state index in [1.54, 1.807) is 0 Å². The molecule has 2 aliphatic rings. The van der Waals surface area contributed by atoms with Gasteiger partial charge in [-0.05, 0) is 54.7 Å². The molecule has 0 aromatic heterocycles. The highest BCUT2D eigenvalue weighted by molar-refractivity contribution is 5.88. The third-order valence-corrected chi connectivity index (χ3v) is 6.06. The van der Waals surface area contributed by atoms with Crippen LogP contribution in [-0.4, -0.2) is 37.2 Å². The highest BCUT2D eigenvalue weighted by Gasteiger charge is 2.33. The van der Waals surface area contributed by atoms with Gasteiger partial charge in [-0.15, -0.1) is 0 Å². The van der Waals surface area contributed by atoms with Gasteiger partial charge in [0, 0.05) is 25.0 Å². The average molecular weight is 367 g/mol. The second-order valence-electron chi connectivity index (χ2n) is 8.23. The molecule has 0 unspecified atom stereocenters. The van der Waals surface area contributed by atoms with Gasteiger partial charge in [0.05, 0.1) is 19.1 Å². The van der Waals surface area contributed by atoms with Crippen LogP contribution in [0.4, 0.5) is 0 Å². The van der Waals surface area contributed by atoms with Crippen molar-refractivity contribution in [1.29, 1.82) is 0 Å². The number of hydrogen-bond donors (Lipinski definition) is 0. The molecule has 2 aromatic rings. The number of carbonyl (C=O) groups excluding carboxylic acids is 1. The number of methoxy groups -OCH3 is 1. The lowest BCUT2D eigenvalue weighted by Gasteiger charge is -2.37. The van der Waals surface area contributed by atoms with E-state index in [2.05, 4.69) is 48.2 Å². The SMILES string of the molecule is COC(=O)C1CN(Cc2ccc3c(O[C@H]4CC[C@H](C)CC4)cccc3c2)C1. The standard InChI is InChI=1S/C23H29NO3/c1-16-6-9-20(10-7-16)27-22-5-3-4-18-12-17(8-11-21(18)22)13-24-14-19(15-24)23(25)26-2/h3-5,8,11-12,16,19-20H,6-7,9-10,13-15H2,1-2H3/t16-,20-. The molecule has 1 saturated carbocycles. The minimum Gasteiger partial charge on any atom is -0.490 e.